The first kappa shape index (κ1) is 15.1. The van der Waals surface area contributed by atoms with Crippen molar-refractivity contribution in [1.82, 2.24) is 4.72 Å². The predicted molar refractivity (Wildman–Crippen MR) is 71.7 cm³/mol. The first-order valence-electron chi connectivity index (χ1n) is 5.63. The molecule has 2 unspecified atom stereocenters. The summed E-state index contributed by atoms with van der Waals surface area (Å²) in [6, 6.07) is 6.22. The normalized spacial score (nSPS) is 27.1. The lowest BCUT2D eigenvalue weighted by Gasteiger charge is -2.22. The van der Waals surface area contributed by atoms with Crippen molar-refractivity contribution in [2.24, 2.45) is 0 Å². The quantitative estimate of drug-likeness (QED) is 0.825. The van der Waals surface area contributed by atoms with Crippen molar-refractivity contribution in [2.45, 2.75) is 18.8 Å². The van der Waals surface area contributed by atoms with E-state index in [4.69, 9.17) is 16.3 Å². The number of benzene rings is 1. The van der Waals surface area contributed by atoms with Gasteiger partial charge in [-0.05, 0) is 24.6 Å². The van der Waals surface area contributed by atoms with Gasteiger partial charge in [0.1, 0.15) is 0 Å². The molecule has 108 valence electrons. The Morgan fingerprint density at radius 1 is 1.25 bits per heavy atom. The summed E-state index contributed by atoms with van der Waals surface area (Å²) < 4.78 is 29.7. The van der Waals surface area contributed by atoms with Gasteiger partial charge in [0.05, 0.1) is 6.26 Å². The number of sulfonamides is 1. The Hall–Kier alpha value is -1.28. The molecule has 2 rings (SSSR count). The maximum absolute atomic E-state index is 12.1. The van der Waals surface area contributed by atoms with Crippen molar-refractivity contribution in [2.75, 3.05) is 6.26 Å². The van der Waals surface area contributed by atoms with E-state index >= 15 is 0 Å². The summed E-state index contributed by atoms with van der Waals surface area (Å²) >= 11 is 5.76. The number of hydrogen-bond acceptors (Lipinski definition) is 5. The highest BCUT2D eigenvalue weighted by molar-refractivity contribution is 7.88. The zero-order valence-electron chi connectivity index (χ0n) is 10.7. The Morgan fingerprint density at radius 3 is 2.30 bits per heavy atom. The summed E-state index contributed by atoms with van der Waals surface area (Å²) in [5, 5.41) is 0.472. The van der Waals surface area contributed by atoms with E-state index < -0.39 is 33.4 Å². The molecular formula is C12H12ClNO5S. The Morgan fingerprint density at radius 2 is 1.80 bits per heavy atom. The van der Waals surface area contributed by atoms with E-state index in [2.05, 4.69) is 0 Å². The fourth-order valence-electron chi connectivity index (χ4n) is 1.94. The highest BCUT2D eigenvalue weighted by atomic mass is 35.5. The van der Waals surface area contributed by atoms with Gasteiger partial charge < -0.3 is 4.74 Å². The van der Waals surface area contributed by atoms with Gasteiger partial charge in [0, 0.05) is 5.02 Å². The molecule has 0 aliphatic carbocycles. The number of carbonyl (C=O) groups excluding carboxylic acids is 2. The summed E-state index contributed by atoms with van der Waals surface area (Å²) in [4.78, 5) is 23.9. The molecule has 1 saturated heterocycles. The predicted octanol–water partition coefficient (Wildman–Crippen LogP) is 0.599. The molecule has 6 nitrogen and oxygen atoms in total. The van der Waals surface area contributed by atoms with Crippen molar-refractivity contribution in [3.63, 3.8) is 0 Å². The SMILES string of the molecule is CC1(c2ccc(Cl)cc2)OC(NS(C)(=O)=O)C(=O)C1=O. The Balaban J connectivity index is 2.36. The molecule has 2 atom stereocenters. The molecule has 1 aliphatic heterocycles. The average Bonchev–Trinajstić information content (AvgIpc) is 2.54. The summed E-state index contributed by atoms with van der Waals surface area (Å²) in [5.74, 6) is -1.73. The Kier molecular flexibility index (Phi) is 3.72. The minimum absolute atomic E-state index is 0.429. The van der Waals surface area contributed by atoms with Crippen LogP contribution in [0.25, 0.3) is 0 Å². The maximum atomic E-state index is 12.1. The summed E-state index contributed by atoms with van der Waals surface area (Å²) in [6.45, 7) is 1.42. The van der Waals surface area contributed by atoms with Gasteiger partial charge >= 0.3 is 0 Å². The van der Waals surface area contributed by atoms with Crippen LogP contribution in [0.4, 0.5) is 0 Å². The second-order valence-corrected chi connectivity index (χ2v) is 6.84. The second kappa shape index (κ2) is 4.92. The number of hydrogen-bond donors (Lipinski definition) is 1. The lowest BCUT2D eigenvalue weighted by Crippen LogP contribution is -2.39. The molecule has 1 fully saturated rings. The molecule has 0 bridgehead atoms. The van der Waals surface area contributed by atoms with Gasteiger partial charge in [-0.1, -0.05) is 23.7 Å². The van der Waals surface area contributed by atoms with E-state index in [1.165, 1.54) is 6.92 Å². The molecule has 8 heteroatoms. The highest BCUT2D eigenvalue weighted by Crippen LogP contribution is 2.34. The van der Waals surface area contributed by atoms with Gasteiger partial charge in [-0.15, -0.1) is 0 Å². The monoisotopic (exact) mass is 317 g/mol. The minimum Gasteiger partial charge on any atom is -0.335 e. The first-order chi connectivity index (χ1) is 9.13. The van der Waals surface area contributed by atoms with Crippen molar-refractivity contribution in [3.8, 4) is 0 Å². The summed E-state index contributed by atoms with van der Waals surface area (Å²) in [5.41, 5.74) is -1.10. The number of nitrogens with one attached hydrogen (secondary N) is 1. The van der Waals surface area contributed by atoms with E-state index in [1.54, 1.807) is 24.3 Å². The third kappa shape index (κ3) is 2.76. The van der Waals surface area contributed by atoms with Crippen LogP contribution in [-0.4, -0.2) is 32.5 Å². The average molecular weight is 318 g/mol. The molecule has 0 aromatic heterocycles. The lowest BCUT2D eigenvalue weighted by atomic mass is 9.91. The van der Waals surface area contributed by atoms with Gasteiger partial charge in [-0.25, -0.2) is 8.42 Å². The van der Waals surface area contributed by atoms with Crippen LogP contribution >= 0.6 is 11.6 Å². The number of ether oxygens (including phenoxy) is 1. The molecule has 1 N–H and O–H groups in total. The zero-order chi connectivity index (χ0) is 15.1. The van der Waals surface area contributed by atoms with Crippen LogP contribution in [0.3, 0.4) is 0 Å². The van der Waals surface area contributed by atoms with Crippen molar-refractivity contribution < 1.29 is 22.7 Å². The van der Waals surface area contributed by atoms with Gasteiger partial charge in [0.15, 0.2) is 11.8 Å². The fourth-order valence-corrected chi connectivity index (χ4v) is 2.61. The van der Waals surface area contributed by atoms with Crippen molar-refractivity contribution in [3.05, 3.63) is 34.9 Å². The van der Waals surface area contributed by atoms with Crippen LogP contribution in [0, 0.1) is 0 Å². The van der Waals surface area contributed by atoms with Crippen LogP contribution in [-0.2, 0) is 30.0 Å². The van der Waals surface area contributed by atoms with Crippen molar-refractivity contribution in [1.29, 1.82) is 0 Å². The van der Waals surface area contributed by atoms with Gasteiger partial charge in [-0.2, -0.15) is 4.72 Å². The number of rotatable bonds is 3. The molecular weight excluding hydrogens is 306 g/mol. The highest BCUT2D eigenvalue weighted by Gasteiger charge is 2.52. The Bertz CT molecular complexity index is 670. The maximum Gasteiger partial charge on any atom is 0.246 e. The number of Topliss-reactive ketones (excluding diaryl/α,β-unsaturated/α-hetero) is 2. The fraction of sp³-hybridized carbons (Fsp3) is 0.333. The third-order valence-corrected chi connectivity index (χ3v) is 3.86. The van der Waals surface area contributed by atoms with Crippen LogP contribution in [0.15, 0.2) is 24.3 Å². The molecule has 0 radical (unpaired) electrons. The van der Waals surface area contributed by atoms with E-state index in [9.17, 15) is 18.0 Å². The van der Waals surface area contributed by atoms with Crippen LogP contribution < -0.4 is 4.72 Å². The summed E-state index contributed by atoms with van der Waals surface area (Å²) in [7, 11) is -3.67. The van der Waals surface area contributed by atoms with Gasteiger partial charge in [0.25, 0.3) is 0 Å². The molecule has 0 amide bonds. The van der Waals surface area contributed by atoms with Crippen LogP contribution in [0.5, 0.6) is 0 Å². The molecule has 0 saturated carbocycles. The lowest BCUT2D eigenvalue weighted by molar-refractivity contribution is -0.138. The van der Waals surface area contributed by atoms with E-state index in [0.29, 0.717) is 10.6 Å². The Labute approximate surface area is 121 Å². The van der Waals surface area contributed by atoms with E-state index in [1.807, 2.05) is 4.72 Å². The first-order valence-corrected chi connectivity index (χ1v) is 7.90. The topological polar surface area (TPSA) is 89.5 Å². The molecule has 1 heterocycles. The van der Waals surface area contributed by atoms with E-state index in [-0.39, 0.29) is 0 Å². The van der Waals surface area contributed by atoms with Gasteiger partial charge in [-0.3, -0.25) is 9.59 Å². The zero-order valence-corrected chi connectivity index (χ0v) is 12.3. The van der Waals surface area contributed by atoms with Crippen LogP contribution in [0.1, 0.15) is 12.5 Å². The van der Waals surface area contributed by atoms with Gasteiger partial charge in [0.2, 0.25) is 21.6 Å². The largest absolute Gasteiger partial charge is 0.335 e. The summed E-state index contributed by atoms with van der Waals surface area (Å²) in [6.07, 6.45) is -0.621. The standard InChI is InChI=1S/C12H12ClNO5S/c1-12(7-3-5-8(13)6-4-7)10(16)9(15)11(19-12)14-20(2,17)18/h3-6,11,14H,1-2H3. The second-order valence-electron chi connectivity index (χ2n) is 4.62. The van der Waals surface area contributed by atoms with Crippen LogP contribution in [0.2, 0.25) is 5.02 Å². The number of carbonyl (C=O) groups is 2. The third-order valence-electron chi connectivity index (χ3n) is 2.96. The number of halogens is 1. The molecule has 1 aromatic carbocycles. The number of ketones is 2. The molecule has 20 heavy (non-hydrogen) atoms. The van der Waals surface area contributed by atoms with E-state index in [0.717, 1.165) is 6.26 Å². The smallest absolute Gasteiger partial charge is 0.246 e. The van der Waals surface area contributed by atoms with Crippen molar-refractivity contribution >= 4 is 33.2 Å². The molecule has 1 aromatic rings. The molecule has 1 aliphatic rings. The minimum atomic E-state index is -3.67. The molecule has 0 spiro atoms.